The summed E-state index contributed by atoms with van der Waals surface area (Å²) in [6.07, 6.45) is 7.58. The third kappa shape index (κ3) is 2.54. The molecule has 3 nitrogen and oxygen atoms in total. The molecule has 2 rings (SSSR count). The normalized spacial score (nSPS) is 26.6. The van der Waals surface area contributed by atoms with Crippen LogP contribution in [0.15, 0.2) is 0 Å². The van der Waals surface area contributed by atoms with E-state index in [0.29, 0.717) is 6.04 Å². The molecule has 1 heterocycles. The molecule has 0 aromatic carbocycles. The molecular formula is C14H25N3. The van der Waals surface area contributed by atoms with Gasteiger partial charge in [0.1, 0.15) is 0 Å². The van der Waals surface area contributed by atoms with Gasteiger partial charge in [-0.05, 0) is 39.2 Å². The van der Waals surface area contributed by atoms with Gasteiger partial charge in [0.2, 0.25) is 0 Å². The van der Waals surface area contributed by atoms with Crippen molar-refractivity contribution in [3.8, 4) is 0 Å². The smallest absolute Gasteiger partial charge is 0.0673 e. The zero-order valence-corrected chi connectivity index (χ0v) is 11.4. The summed E-state index contributed by atoms with van der Waals surface area (Å²) in [7, 11) is 0. The topological polar surface area (TPSA) is 43.8 Å². The molecule has 2 N–H and O–H groups in total. The Kier molecular flexibility index (Phi) is 3.87. The number of hydrogen-bond donors (Lipinski definition) is 1. The Bertz CT molecular complexity index is 381. The van der Waals surface area contributed by atoms with Crippen LogP contribution < -0.4 is 5.73 Å². The first-order valence-corrected chi connectivity index (χ1v) is 6.89. The van der Waals surface area contributed by atoms with Gasteiger partial charge in [0.25, 0.3) is 0 Å². The molecule has 0 aliphatic heterocycles. The van der Waals surface area contributed by atoms with Crippen LogP contribution in [-0.2, 0) is 0 Å². The number of nitrogens with two attached hydrogens (primary N) is 1. The standard InChI is InChI=1S/C14H25N3/c1-10-11(2)16-17(12(10)3)14-9-7-5-4-6-8-13(14)15/h13-14H,4-9,15H2,1-3H3. The van der Waals surface area contributed by atoms with E-state index in [-0.39, 0.29) is 6.04 Å². The molecule has 1 aromatic rings. The summed E-state index contributed by atoms with van der Waals surface area (Å²) in [5.74, 6) is 0. The Morgan fingerprint density at radius 1 is 1.06 bits per heavy atom. The second-order valence-electron chi connectivity index (χ2n) is 5.46. The maximum atomic E-state index is 6.35. The van der Waals surface area contributed by atoms with Crippen LogP contribution in [0, 0.1) is 20.8 Å². The summed E-state index contributed by atoms with van der Waals surface area (Å²) < 4.78 is 2.20. The van der Waals surface area contributed by atoms with E-state index in [4.69, 9.17) is 10.8 Å². The van der Waals surface area contributed by atoms with Gasteiger partial charge in [-0.15, -0.1) is 0 Å². The lowest BCUT2D eigenvalue weighted by molar-refractivity contribution is 0.301. The number of rotatable bonds is 1. The highest BCUT2D eigenvalue weighted by Gasteiger charge is 2.24. The second kappa shape index (κ2) is 5.21. The molecule has 1 aromatic heterocycles. The van der Waals surface area contributed by atoms with Crippen LogP contribution in [0.1, 0.15) is 61.5 Å². The SMILES string of the molecule is Cc1nn(C2CCCCCCC2N)c(C)c1C. The quantitative estimate of drug-likeness (QED) is 0.813. The molecule has 2 unspecified atom stereocenters. The van der Waals surface area contributed by atoms with Crippen LogP contribution in [0.25, 0.3) is 0 Å². The van der Waals surface area contributed by atoms with E-state index in [9.17, 15) is 0 Å². The van der Waals surface area contributed by atoms with E-state index >= 15 is 0 Å². The number of hydrogen-bond acceptors (Lipinski definition) is 2. The van der Waals surface area contributed by atoms with Crippen LogP contribution >= 0.6 is 0 Å². The molecule has 17 heavy (non-hydrogen) atoms. The van der Waals surface area contributed by atoms with Crippen molar-refractivity contribution in [2.24, 2.45) is 5.73 Å². The highest BCUT2D eigenvalue weighted by molar-refractivity contribution is 5.23. The maximum Gasteiger partial charge on any atom is 0.0673 e. The predicted octanol–water partition coefficient (Wildman–Crippen LogP) is 3.03. The third-order valence-electron chi connectivity index (χ3n) is 4.28. The lowest BCUT2D eigenvalue weighted by Crippen LogP contribution is -2.34. The number of nitrogens with zero attached hydrogens (tertiary/aromatic N) is 2. The van der Waals surface area contributed by atoms with E-state index in [0.717, 1.165) is 12.1 Å². The van der Waals surface area contributed by atoms with Gasteiger partial charge in [0.15, 0.2) is 0 Å². The third-order valence-corrected chi connectivity index (χ3v) is 4.28. The fourth-order valence-corrected chi connectivity index (χ4v) is 2.87. The minimum atomic E-state index is 0.271. The summed E-state index contributed by atoms with van der Waals surface area (Å²) in [5.41, 5.74) is 10.1. The Hall–Kier alpha value is -0.830. The molecule has 1 aliphatic carbocycles. The fraction of sp³-hybridized carbons (Fsp3) is 0.786. The molecule has 0 spiro atoms. The lowest BCUT2D eigenvalue weighted by atomic mass is 9.93. The first kappa shape index (κ1) is 12.6. The summed E-state index contributed by atoms with van der Waals surface area (Å²) in [5, 5.41) is 4.69. The monoisotopic (exact) mass is 235 g/mol. The van der Waals surface area contributed by atoms with Gasteiger partial charge in [-0.3, -0.25) is 4.68 Å². The summed E-state index contributed by atoms with van der Waals surface area (Å²) in [6.45, 7) is 6.41. The average molecular weight is 235 g/mol. The van der Waals surface area contributed by atoms with Crippen molar-refractivity contribution >= 4 is 0 Å². The summed E-state index contributed by atoms with van der Waals surface area (Å²) in [6, 6.07) is 0.676. The van der Waals surface area contributed by atoms with E-state index in [1.807, 2.05) is 0 Å². The van der Waals surface area contributed by atoms with Gasteiger partial charge < -0.3 is 5.73 Å². The van der Waals surface area contributed by atoms with Gasteiger partial charge in [0, 0.05) is 11.7 Å². The summed E-state index contributed by atoms with van der Waals surface area (Å²) >= 11 is 0. The molecule has 2 atom stereocenters. The van der Waals surface area contributed by atoms with E-state index < -0.39 is 0 Å². The van der Waals surface area contributed by atoms with Crippen molar-refractivity contribution in [1.82, 2.24) is 9.78 Å². The van der Waals surface area contributed by atoms with Crippen LogP contribution in [-0.4, -0.2) is 15.8 Å². The Balaban J connectivity index is 2.25. The highest BCUT2D eigenvalue weighted by Crippen LogP contribution is 2.27. The first-order chi connectivity index (χ1) is 8.11. The second-order valence-corrected chi connectivity index (χ2v) is 5.46. The van der Waals surface area contributed by atoms with Gasteiger partial charge in [-0.2, -0.15) is 5.10 Å². The molecule has 0 radical (unpaired) electrons. The molecule has 0 amide bonds. The number of aromatic nitrogens is 2. The van der Waals surface area contributed by atoms with Gasteiger partial charge in [-0.25, -0.2) is 0 Å². The molecule has 1 fully saturated rings. The highest BCUT2D eigenvalue weighted by atomic mass is 15.3. The van der Waals surface area contributed by atoms with Crippen LogP contribution in [0.5, 0.6) is 0 Å². The fourth-order valence-electron chi connectivity index (χ4n) is 2.87. The zero-order valence-electron chi connectivity index (χ0n) is 11.4. The number of aryl methyl sites for hydroxylation is 1. The van der Waals surface area contributed by atoms with Crippen LogP contribution in [0.3, 0.4) is 0 Å². The Morgan fingerprint density at radius 3 is 2.29 bits per heavy atom. The zero-order chi connectivity index (χ0) is 12.4. The van der Waals surface area contributed by atoms with E-state index in [2.05, 4.69) is 25.5 Å². The Morgan fingerprint density at radius 2 is 1.71 bits per heavy atom. The molecule has 0 saturated heterocycles. The minimum Gasteiger partial charge on any atom is -0.326 e. The molecule has 3 heteroatoms. The van der Waals surface area contributed by atoms with Crippen molar-refractivity contribution in [3.05, 3.63) is 17.0 Å². The molecule has 96 valence electrons. The van der Waals surface area contributed by atoms with Crippen LogP contribution in [0.4, 0.5) is 0 Å². The minimum absolute atomic E-state index is 0.271. The van der Waals surface area contributed by atoms with E-state index in [1.54, 1.807) is 0 Å². The van der Waals surface area contributed by atoms with Gasteiger partial charge in [-0.1, -0.05) is 25.7 Å². The molecule has 0 bridgehead atoms. The van der Waals surface area contributed by atoms with Crippen molar-refractivity contribution in [2.75, 3.05) is 0 Å². The first-order valence-electron chi connectivity index (χ1n) is 6.89. The molecule has 1 aliphatic rings. The van der Waals surface area contributed by atoms with Crippen LogP contribution in [0.2, 0.25) is 0 Å². The average Bonchev–Trinajstić information content (AvgIpc) is 2.52. The van der Waals surface area contributed by atoms with Crippen molar-refractivity contribution < 1.29 is 0 Å². The molecule has 1 saturated carbocycles. The van der Waals surface area contributed by atoms with Crippen molar-refractivity contribution in [1.29, 1.82) is 0 Å². The predicted molar refractivity (Wildman–Crippen MR) is 71.2 cm³/mol. The largest absolute Gasteiger partial charge is 0.326 e. The summed E-state index contributed by atoms with van der Waals surface area (Å²) in [4.78, 5) is 0. The van der Waals surface area contributed by atoms with Gasteiger partial charge >= 0.3 is 0 Å². The Labute approximate surface area is 104 Å². The van der Waals surface area contributed by atoms with Gasteiger partial charge in [0.05, 0.1) is 11.7 Å². The molecular weight excluding hydrogens is 210 g/mol. The lowest BCUT2D eigenvalue weighted by Gasteiger charge is -2.27. The van der Waals surface area contributed by atoms with Crippen molar-refractivity contribution in [3.63, 3.8) is 0 Å². The maximum absolute atomic E-state index is 6.35. The van der Waals surface area contributed by atoms with E-state index in [1.165, 1.54) is 43.4 Å². The van der Waals surface area contributed by atoms with Crippen molar-refractivity contribution in [2.45, 2.75) is 71.4 Å².